The quantitative estimate of drug-likeness (QED) is 0.778. The third-order valence-electron chi connectivity index (χ3n) is 1.63. The normalized spacial score (nSPS) is 10.6. The van der Waals surface area contributed by atoms with Crippen LogP contribution in [0.15, 0.2) is 11.0 Å². The standard InChI is InChI=1S/C8H10Cl2N2O3/c9-6-5-11-12(8(14)7(6)10)1-3-15-4-2-13/h5,13H,1-4H2. The SMILES string of the molecule is O=c1c(Cl)c(Cl)cnn1CCOCCO. The van der Waals surface area contributed by atoms with Gasteiger partial charge in [-0.05, 0) is 0 Å². The van der Waals surface area contributed by atoms with Crippen molar-refractivity contribution in [2.75, 3.05) is 19.8 Å². The van der Waals surface area contributed by atoms with Gasteiger partial charge in [0.15, 0.2) is 0 Å². The largest absolute Gasteiger partial charge is 0.394 e. The molecule has 0 atom stereocenters. The minimum absolute atomic E-state index is 0.0474. The summed E-state index contributed by atoms with van der Waals surface area (Å²) in [5.41, 5.74) is -0.447. The van der Waals surface area contributed by atoms with Gasteiger partial charge in [0, 0.05) is 0 Å². The van der Waals surface area contributed by atoms with Crippen LogP contribution in [-0.2, 0) is 11.3 Å². The molecule has 0 aliphatic rings. The van der Waals surface area contributed by atoms with Crippen LogP contribution in [0.3, 0.4) is 0 Å². The van der Waals surface area contributed by atoms with Crippen LogP contribution >= 0.6 is 23.2 Å². The molecule has 1 aromatic rings. The van der Waals surface area contributed by atoms with E-state index in [1.165, 1.54) is 6.20 Å². The first-order valence-electron chi connectivity index (χ1n) is 4.26. The van der Waals surface area contributed by atoms with E-state index in [4.69, 9.17) is 33.0 Å². The van der Waals surface area contributed by atoms with Gasteiger partial charge in [-0.3, -0.25) is 4.79 Å². The summed E-state index contributed by atoms with van der Waals surface area (Å²) < 4.78 is 6.14. The number of aliphatic hydroxyl groups is 1. The highest BCUT2D eigenvalue weighted by Gasteiger charge is 2.06. The lowest BCUT2D eigenvalue weighted by Crippen LogP contribution is -2.25. The van der Waals surface area contributed by atoms with E-state index in [9.17, 15) is 4.79 Å². The van der Waals surface area contributed by atoms with Crippen molar-refractivity contribution >= 4 is 23.2 Å². The summed E-state index contributed by atoms with van der Waals surface area (Å²) in [5.74, 6) is 0. The molecular weight excluding hydrogens is 243 g/mol. The van der Waals surface area contributed by atoms with Crippen LogP contribution in [0.2, 0.25) is 10.0 Å². The summed E-state index contributed by atoms with van der Waals surface area (Å²) in [6.07, 6.45) is 1.30. The molecule has 7 heteroatoms. The molecule has 0 bridgehead atoms. The number of ether oxygens (including phenoxy) is 1. The zero-order chi connectivity index (χ0) is 11.3. The van der Waals surface area contributed by atoms with Crippen molar-refractivity contribution in [2.24, 2.45) is 0 Å². The first-order chi connectivity index (χ1) is 7.16. The van der Waals surface area contributed by atoms with Gasteiger partial charge in [0.1, 0.15) is 5.02 Å². The summed E-state index contributed by atoms with van der Waals surface area (Å²) in [7, 11) is 0. The van der Waals surface area contributed by atoms with Gasteiger partial charge in [-0.1, -0.05) is 23.2 Å². The van der Waals surface area contributed by atoms with Gasteiger partial charge in [0.05, 0.1) is 37.6 Å². The van der Waals surface area contributed by atoms with Crippen LogP contribution in [0.1, 0.15) is 0 Å². The molecule has 0 aliphatic heterocycles. The number of halogens is 2. The predicted octanol–water partition coefficient (Wildman–Crippen LogP) is 0.559. The van der Waals surface area contributed by atoms with E-state index in [1.54, 1.807) is 0 Å². The third-order valence-corrected chi connectivity index (χ3v) is 2.37. The van der Waals surface area contributed by atoms with E-state index >= 15 is 0 Å². The first-order valence-corrected chi connectivity index (χ1v) is 5.02. The Kier molecular flexibility index (Phi) is 5.04. The van der Waals surface area contributed by atoms with Crippen molar-refractivity contribution in [3.8, 4) is 0 Å². The molecule has 15 heavy (non-hydrogen) atoms. The number of aromatic nitrogens is 2. The Labute approximate surface area is 96.2 Å². The monoisotopic (exact) mass is 252 g/mol. The lowest BCUT2D eigenvalue weighted by molar-refractivity contribution is 0.0847. The second kappa shape index (κ2) is 6.07. The highest BCUT2D eigenvalue weighted by atomic mass is 35.5. The van der Waals surface area contributed by atoms with Crippen LogP contribution in [0.5, 0.6) is 0 Å². The second-order valence-electron chi connectivity index (χ2n) is 2.67. The number of nitrogens with zero attached hydrogens (tertiary/aromatic N) is 2. The van der Waals surface area contributed by atoms with Crippen LogP contribution in [-0.4, -0.2) is 34.7 Å². The molecule has 0 saturated heterocycles. The van der Waals surface area contributed by atoms with Crippen LogP contribution in [0.25, 0.3) is 0 Å². The number of rotatable bonds is 5. The molecule has 1 aromatic heterocycles. The Balaban J connectivity index is 2.63. The Bertz CT molecular complexity index is 381. The summed E-state index contributed by atoms with van der Waals surface area (Å²) in [4.78, 5) is 11.4. The fourth-order valence-electron chi connectivity index (χ4n) is 0.922. The fourth-order valence-corrected chi connectivity index (χ4v) is 1.19. The van der Waals surface area contributed by atoms with Gasteiger partial charge in [-0.25, -0.2) is 4.68 Å². The number of hydrogen-bond acceptors (Lipinski definition) is 4. The van der Waals surface area contributed by atoms with Crippen molar-refractivity contribution in [3.63, 3.8) is 0 Å². The van der Waals surface area contributed by atoms with Gasteiger partial charge in [-0.2, -0.15) is 5.10 Å². The predicted molar refractivity (Wildman–Crippen MR) is 56.4 cm³/mol. The highest BCUT2D eigenvalue weighted by Crippen LogP contribution is 2.14. The van der Waals surface area contributed by atoms with Crippen LogP contribution < -0.4 is 5.56 Å². The molecule has 0 aliphatic carbocycles. The number of hydrogen-bond donors (Lipinski definition) is 1. The molecule has 1 heterocycles. The summed E-state index contributed by atoms with van der Waals surface area (Å²) in [5, 5.41) is 12.3. The molecule has 5 nitrogen and oxygen atoms in total. The smallest absolute Gasteiger partial charge is 0.287 e. The zero-order valence-electron chi connectivity index (χ0n) is 7.82. The van der Waals surface area contributed by atoms with Crippen molar-refractivity contribution in [3.05, 3.63) is 26.6 Å². The fraction of sp³-hybridized carbons (Fsp3) is 0.500. The van der Waals surface area contributed by atoms with E-state index in [2.05, 4.69) is 5.10 Å². The van der Waals surface area contributed by atoms with E-state index in [1.807, 2.05) is 0 Å². The summed E-state index contributed by atoms with van der Waals surface area (Å²) in [6.45, 7) is 0.737. The van der Waals surface area contributed by atoms with Crippen LogP contribution in [0, 0.1) is 0 Å². The summed E-state index contributed by atoms with van der Waals surface area (Å²) >= 11 is 11.2. The van der Waals surface area contributed by atoms with Crippen molar-refractivity contribution in [2.45, 2.75) is 6.54 Å². The maximum atomic E-state index is 11.4. The Morgan fingerprint density at radius 2 is 2.20 bits per heavy atom. The van der Waals surface area contributed by atoms with Crippen molar-refractivity contribution < 1.29 is 9.84 Å². The van der Waals surface area contributed by atoms with Gasteiger partial charge in [0.25, 0.3) is 5.56 Å². The van der Waals surface area contributed by atoms with Gasteiger partial charge in [0.2, 0.25) is 0 Å². The topological polar surface area (TPSA) is 64.4 Å². The molecule has 1 N–H and O–H groups in total. The molecule has 0 aromatic carbocycles. The van der Waals surface area contributed by atoms with Crippen molar-refractivity contribution in [1.29, 1.82) is 0 Å². The van der Waals surface area contributed by atoms with E-state index in [0.717, 1.165) is 4.68 Å². The molecule has 0 unspecified atom stereocenters. The van der Waals surface area contributed by atoms with Gasteiger partial charge >= 0.3 is 0 Å². The summed E-state index contributed by atoms with van der Waals surface area (Å²) in [6, 6.07) is 0. The third kappa shape index (κ3) is 3.46. The van der Waals surface area contributed by atoms with Gasteiger partial charge < -0.3 is 9.84 Å². The zero-order valence-corrected chi connectivity index (χ0v) is 9.33. The maximum absolute atomic E-state index is 11.4. The number of aliphatic hydroxyl groups excluding tert-OH is 1. The van der Waals surface area contributed by atoms with Crippen molar-refractivity contribution in [1.82, 2.24) is 9.78 Å². The molecule has 0 spiro atoms. The second-order valence-corrected chi connectivity index (χ2v) is 3.46. The van der Waals surface area contributed by atoms with E-state index < -0.39 is 5.56 Å². The molecule has 1 rings (SSSR count). The van der Waals surface area contributed by atoms with Crippen LogP contribution in [0.4, 0.5) is 0 Å². The lowest BCUT2D eigenvalue weighted by Gasteiger charge is -2.05. The Morgan fingerprint density at radius 1 is 1.47 bits per heavy atom. The Morgan fingerprint density at radius 3 is 2.87 bits per heavy atom. The molecule has 84 valence electrons. The maximum Gasteiger partial charge on any atom is 0.287 e. The average Bonchev–Trinajstić information content (AvgIpc) is 2.24. The first kappa shape index (κ1) is 12.4. The average molecular weight is 253 g/mol. The van der Waals surface area contributed by atoms with Gasteiger partial charge in [-0.15, -0.1) is 0 Å². The minimum Gasteiger partial charge on any atom is -0.394 e. The van der Waals surface area contributed by atoms with E-state index in [0.29, 0.717) is 0 Å². The van der Waals surface area contributed by atoms with E-state index in [-0.39, 0.29) is 36.4 Å². The lowest BCUT2D eigenvalue weighted by atomic mass is 10.5. The Hall–Kier alpha value is -0.620. The highest BCUT2D eigenvalue weighted by molar-refractivity contribution is 6.41. The molecular formula is C8H10Cl2N2O3. The molecule has 0 radical (unpaired) electrons. The molecule has 0 saturated carbocycles. The molecule has 0 amide bonds. The minimum atomic E-state index is -0.447. The molecule has 0 fully saturated rings.